The van der Waals surface area contributed by atoms with Gasteiger partial charge in [0.05, 0.1) is 4.90 Å². The molecule has 0 radical (unpaired) electrons. The molecule has 5 heteroatoms. The number of aryl methyl sites for hydroxylation is 1. The zero-order chi connectivity index (χ0) is 15.2. The Kier molecular flexibility index (Phi) is 6.65. The van der Waals surface area contributed by atoms with Crippen LogP contribution in [0.4, 0.5) is 0 Å². The van der Waals surface area contributed by atoms with E-state index in [2.05, 4.69) is 10.0 Å². The van der Waals surface area contributed by atoms with Gasteiger partial charge >= 0.3 is 0 Å². The van der Waals surface area contributed by atoms with Crippen LogP contribution in [0.2, 0.25) is 0 Å². The Labute approximate surface area is 123 Å². The van der Waals surface area contributed by atoms with Crippen molar-refractivity contribution in [2.45, 2.75) is 44.6 Å². The SMILES string of the molecule is CNCCCc1ccc(S(=O)(=O)NC(C)C(C)C)cc1. The van der Waals surface area contributed by atoms with Crippen LogP contribution in [0, 0.1) is 5.92 Å². The van der Waals surface area contributed by atoms with Crippen LogP contribution in [0.15, 0.2) is 29.2 Å². The number of sulfonamides is 1. The molecule has 0 aromatic heterocycles. The second-order valence-corrected chi connectivity index (χ2v) is 7.22. The normalized spacial score (nSPS) is 13.7. The molecule has 114 valence electrons. The summed E-state index contributed by atoms with van der Waals surface area (Å²) in [6, 6.07) is 7.08. The Balaban J connectivity index is 2.71. The summed E-state index contributed by atoms with van der Waals surface area (Å²) in [5.41, 5.74) is 1.16. The molecule has 0 amide bonds. The topological polar surface area (TPSA) is 58.2 Å². The van der Waals surface area contributed by atoms with E-state index in [0.717, 1.165) is 24.9 Å². The molecule has 20 heavy (non-hydrogen) atoms. The summed E-state index contributed by atoms with van der Waals surface area (Å²) >= 11 is 0. The fraction of sp³-hybridized carbons (Fsp3) is 0.600. The van der Waals surface area contributed by atoms with Gasteiger partial charge in [-0.25, -0.2) is 13.1 Å². The van der Waals surface area contributed by atoms with Crippen LogP contribution in [0.5, 0.6) is 0 Å². The van der Waals surface area contributed by atoms with Crippen LogP contribution < -0.4 is 10.0 Å². The number of nitrogens with one attached hydrogen (secondary N) is 2. The smallest absolute Gasteiger partial charge is 0.240 e. The van der Waals surface area contributed by atoms with Crippen LogP contribution in [-0.4, -0.2) is 28.1 Å². The molecule has 0 aliphatic heterocycles. The average molecular weight is 298 g/mol. The molecule has 0 saturated heterocycles. The molecule has 4 nitrogen and oxygen atoms in total. The molecular weight excluding hydrogens is 272 g/mol. The van der Waals surface area contributed by atoms with E-state index in [1.807, 2.05) is 40.0 Å². The van der Waals surface area contributed by atoms with E-state index in [-0.39, 0.29) is 12.0 Å². The lowest BCUT2D eigenvalue weighted by atomic mass is 10.1. The molecule has 0 fully saturated rings. The Morgan fingerprint density at radius 2 is 1.70 bits per heavy atom. The van der Waals surface area contributed by atoms with E-state index < -0.39 is 10.0 Å². The maximum Gasteiger partial charge on any atom is 0.240 e. The Morgan fingerprint density at radius 3 is 2.20 bits per heavy atom. The van der Waals surface area contributed by atoms with Crippen LogP contribution in [0.1, 0.15) is 32.8 Å². The molecule has 1 unspecified atom stereocenters. The summed E-state index contributed by atoms with van der Waals surface area (Å²) in [4.78, 5) is 0.336. The van der Waals surface area contributed by atoms with E-state index in [0.29, 0.717) is 4.90 Å². The van der Waals surface area contributed by atoms with Gasteiger partial charge in [-0.3, -0.25) is 0 Å². The first-order chi connectivity index (χ1) is 9.36. The highest BCUT2D eigenvalue weighted by Crippen LogP contribution is 2.13. The number of hydrogen-bond donors (Lipinski definition) is 2. The molecule has 0 bridgehead atoms. The lowest BCUT2D eigenvalue weighted by Gasteiger charge is -2.17. The third kappa shape index (κ3) is 5.23. The predicted molar refractivity (Wildman–Crippen MR) is 83.3 cm³/mol. The maximum atomic E-state index is 12.2. The minimum Gasteiger partial charge on any atom is -0.320 e. The van der Waals surface area contributed by atoms with Crippen molar-refractivity contribution in [2.24, 2.45) is 5.92 Å². The molecule has 1 rings (SSSR count). The second kappa shape index (κ2) is 7.76. The summed E-state index contributed by atoms with van der Waals surface area (Å²) in [5, 5.41) is 3.10. The van der Waals surface area contributed by atoms with Gasteiger partial charge in [-0.05, 0) is 57.0 Å². The molecule has 1 aromatic rings. The molecule has 0 spiro atoms. The number of rotatable bonds is 8. The van der Waals surface area contributed by atoms with Crippen molar-refractivity contribution >= 4 is 10.0 Å². The van der Waals surface area contributed by atoms with Crippen molar-refractivity contribution in [3.05, 3.63) is 29.8 Å². The van der Waals surface area contributed by atoms with Gasteiger partial charge in [0.2, 0.25) is 10.0 Å². The quantitative estimate of drug-likeness (QED) is 0.723. The van der Waals surface area contributed by atoms with E-state index in [1.165, 1.54) is 0 Å². The van der Waals surface area contributed by atoms with Gasteiger partial charge in [0.1, 0.15) is 0 Å². The summed E-state index contributed by atoms with van der Waals surface area (Å²) < 4.78 is 27.1. The first-order valence-electron chi connectivity index (χ1n) is 7.12. The monoisotopic (exact) mass is 298 g/mol. The molecule has 1 atom stereocenters. The van der Waals surface area contributed by atoms with Gasteiger partial charge in [0.25, 0.3) is 0 Å². The van der Waals surface area contributed by atoms with Crippen LogP contribution in [-0.2, 0) is 16.4 Å². The lowest BCUT2D eigenvalue weighted by Crippen LogP contribution is -2.36. The molecule has 1 aromatic carbocycles. The van der Waals surface area contributed by atoms with E-state index in [4.69, 9.17) is 0 Å². The molecule has 0 aliphatic rings. The van der Waals surface area contributed by atoms with Gasteiger partial charge in [-0.2, -0.15) is 0 Å². The van der Waals surface area contributed by atoms with Gasteiger partial charge in [-0.1, -0.05) is 26.0 Å². The lowest BCUT2D eigenvalue weighted by molar-refractivity contribution is 0.476. The molecule has 2 N–H and O–H groups in total. The van der Waals surface area contributed by atoms with E-state index in [1.54, 1.807) is 12.1 Å². The minimum atomic E-state index is -3.41. The van der Waals surface area contributed by atoms with E-state index in [9.17, 15) is 8.42 Å². The van der Waals surface area contributed by atoms with Gasteiger partial charge < -0.3 is 5.32 Å². The predicted octanol–water partition coefficient (Wildman–Crippen LogP) is 2.16. The zero-order valence-electron chi connectivity index (χ0n) is 12.8. The summed E-state index contributed by atoms with van der Waals surface area (Å²) in [5.74, 6) is 0.269. The third-order valence-corrected chi connectivity index (χ3v) is 5.04. The number of hydrogen-bond acceptors (Lipinski definition) is 3. The third-order valence-electron chi connectivity index (χ3n) is 3.47. The number of benzene rings is 1. The van der Waals surface area contributed by atoms with Crippen molar-refractivity contribution in [1.29, 1.82) is 0 Å². The fourth-order valence-electron chi connectivity index (χ4n) is 1.75. The highest BCUT2D eigenvalue weighted by molar-refractivity contribution is 7.89. The van der Waals surface area contributed by atoms with E-state index >= 15 is 0 Å². The fourth-order valence-corrected chi connectivity index (χ4v) is 3.15. The molecular formula is C15H26N2O2S. The highest BCUT2D eigenvalue weighted by Gasteiger charge is 2.18. The Hall–Kier alpha value is -0.910. The Bertz CT molecular complexity index is 495. The second-order valence-electron chi connectivity index (χ2n) is 5.51. The summed E-state index contributed by atoms with van der Waals surface area (Å²) in [6.45, 7) is 6.85. The highest BCUT2D eigenvalue weighted by atomic mass is 32.2. The molecule has 0 heterocycles. The zero-order valence-corrected chi connectivity index (χ0v) is 13.6. The first-order valence-corrected chi connectivity index (χ1v) is 8.61. The van der Waals surface area contributed by atoms with Crippen molar-refractivity contribution in [3.63, 3.8) is 0 Å². The van der Waals surface area contributed by atoms with Crippen molar-refractivity contribution < 1.29 is 8.42 Å². The van der Waals surface area contributed by atoms with Crippen molar-refractivity contribution in [3.8, 4) is 0 Å². The van der Waals surface area contributed by atoms with Crippen LogP contribution in [0.25, 0.3) is 0 Å². The van der Waals surface area contributed by atoms with Gasteiger partial charge in [0.15, 0.2) is 0 Å². The first kappa shape index (κ1) is 17.1. The Morgan fingerprint density at radius 1 is 1.10 bits per heavy atom. The standard InChI is InChI=1S/C15H26N2O2S/c1-12(2)13(3)17-20(18,19)15-9-7-14(8-10-15)6-5-11-16-4/h7-10,12-13,16-17H,5-6,11H2,1-4H3. The van der Waals surface area contributed by atoms with Crippen molar-refractivity contribution in [1.82, 2.24) is 10.0 Å². The average Bonchev–Trinajstić information content (AvgIpc) is 2.39. The molecule has 0 saturated carbocycles. The van der Waals surface area contributed by atoms with Gasteiger partial charge in [-0.15, -0.1) is 0 Å². The minimum absolute atomic E-state index is 0.0738. The van der Waals surface area contributed by atoms with Gasteiger partial charge in [0, 0.05) is 6.04 Å². The van der Waals surface area contributed by atoms with Crippen LogP contribution in [0.3, 0.4) is 0 Å². The van der Waals surface area contributed by atoms with Crippen LogP contribution >= 0.6 is 0 Å². The summed E-state index contributed by atoms with van der Waals surface area (Å²) in [6.07, 6.45) is 2.00. The maximum absolute atomic E-state index is 12.2. The van der Waals surface area contributed by atoms with Crippen molar-refractivity contribution in [2.75, 3.05) is 13.6 Å². The summed E-state index contributed by atoms with van der Waals surface area (Å²) in [7, 11) is -1.48. The molecule has 0 aliphatic carbocycles. The largest absolute Gasteiger partial charge is 0.320 e.